The predicted octanol–water partition coefficient (Wildman–Crippen LogP) is 4.88. The summed E-state index contributed by atoms with van der Waals surface area (Å²) in [5.41, 5.74) is 12.1. The molecule has 1 atom stereocenters. The molecule has 1 aliphatic rings. The van der Waals surface area contributed by atoms with Crippen LogP contribution < -0.4 is 10.1 Å². The Labute approximate surface area is 256 Å². The summed E-state index contributed by atoms with van der Waals surface area (Å²) in [5.74, 6) is -2.04. The number of azide groups is 1. The van der Waals surface area contributed by atoms with E-state index in [2.05, 4.69) is 27.5 Å². The summed E-state index contributed by atoms with van der Waals surface area (Å²) in [6, 6.07) is 7.52. The lowest BCUT2D eigenvalue weighted by molar-refractivity contribution is -0.137. The zero-order chi connectivity index (χ0) is 31.4. The molecule has 0 saturated heterocycles. The highest BCUT2D eigenvalue weighted by Crippen LogP contribution is 2.25. The van der Waals surface area contributed by atoms with Crippen molar-refractivity contribution in [3.05, 3.63) is 69.1 Å². The number of carbonyl (C=O) groups excluding carboxylic acids is 1. The van der Waals surface area contributed by atoms with Crippen LogP contribution in [0.3, 0.4) is 0 Å². The molecular formula is C31H42FN5O7. The first-order chi connectivity index (χ1) is 21.5. The summed E-state index contributed by atoms with van der Waals surface area (Å²) in [7, 11) is 0. The third-order valence-electron chi connectivity index (χ3n) is 7.02. The number of carboxylic acid groups (broad SMARTS) is 1. The van der Waals surface area contributed by atoms with Crippen LogP contribution in [0.25, 0.3) is 10.4 Å². The van der Waals surface area contributed by atoms with Crippen molar-refractivity contribution >= 4 is 11.9 Å². The molecule has 0 spiro atoms. The van der Waals surface area contributed by atoms with E-state index in [0.717, 1.165) is 31.4 Å². The highest BCUT2D eigenvalue weighted by atomic mass is 19.1. The van der Waals surface area contributed by atoms with Crippen LogP contribution in [0.15, 0.2) is 35.4 Å². The minimum absolute atomic E-state index is 0.00247. The van der Waals surface area contributed by atoms with Gasteiger partial charge in [-0.3, -0.25) is 14.6 Å². The average Bonchev–Trinajstić information content (AvgIpc) is 3.01. The van der Waals surface area contributed by atoms with Gasteiger partial charge in [-0.1, -0.05) is 17.2 Å². The van der Waals surface area contributed by atoms with E-state index in [1.165, 1.54) is 36.2 Å². The number of carbonyl (C=O) groups is 2. The number of aliphatic carboxylic acids is 1. The first-order valence-corrected chi connectivity index (χ1v) is 15.1. The molecule has 1 heterocycles. The van der Waals surface area contributed by atoms with Crippen molar-refractivity contribution in [2.75, 3.05) is 52.8 Å². The van der Waals surface area contributed by atoms with Gasteiger partial charge >= 0.3 is 5.97 Å². The molecule has 1 aromatic carbocycles. The number of hydrogen-bond acceptors (Lipinski definition) is 8. The summed E-state index contributed by atoms with van der Waals surface area (Å²) >= 11 is 0. The molecule has 44 heavy (non-hydrogen) atoms. The van der Waals surface area contributed by atoms with E-state index in [-0.39, 0.29) is 44.3 Å². The number of hydrogen-bond donors (Lipinski definition) is 2. The van der Waals surface area contributed by atoms with Crippen molar-refractivity contribution in [3.63, 3.8) is 0 Å². The molecule has 2 aromatic rings. The maximum Gasteiger partial charge on any atom is 0.305 e. The number of unbranched alkanes of at least 4 members (excludes halogenated alkanes) is 1. The highest BCUT2D eigenvalue weighted by Gasteiger charge is 2.20. The number of ether oxygens (including phenoxy) is 4. The van der Waals surface area contributed by atoms with Gasteiger partial charge in [0.2, 0.25) is 5.91 Å². The molecule has 1 amide bonds. The van der Waals surface area contributed by atoms with Gasteiger partial charge in [-0.2, -0.15) is 0 Å². The van der Waals surface area contributed by atoms with Gasteiger partial charge < -0.3 is 29.4 Å². The Balaban J connectivity index is 1.34. The second-order valence-electron chi connectivity index (χ2n) is 10.4. The number of nitrogens with one attached hydrogen (secondary N) is 1. The van der Waals surface area contributed by atoms with E-state index in [1.807, 2.05) is 0 Å². The van der Waals surface area contributed by atoms with E-state index in [4.69, 9.17) is 29.5 Å². The molecular weight excluding hydrogens is 573 g/mol. The molecule has 1 aromatic heterocycles. The zero-order valence-corrected chi connectivity index (χ0v) is 25.0. The van der Waals surface area contributed by atoms with Crippen molar-refractivity contribution in [2.45, 2.75) is 63.8 Å². The predicted molar refractivity (Wildman–Crippen MR) is 160 cm³/mol. The van der Waals surface area contributed by atoms with Gasteiger partial charge in [0.1, 0.15) is 6.61 Å². The fraction of sp³-hybridized carbons (Fsp3) is 0.581. The first kappa shape index (κ1) is 34.7. The number of nitrogens with zero attached hydrogens (tertiary/aromatic N) is 4. The molecule has 0 fully saturated rings. The molecule has 0 saturated carbocycles. The number of aromatic nitrogens is 1. The summed E-state index contributed by atoms with van der Waals surface area (Å²) in [6.07, 6.45) is 6.57. The Bertz CT molecular complexity index is 1240. The monoisotopic (exact) mass is 615 g/mol. The number of aryl methyl sites for hydroxylation is 3. The van der Waals surface area contributed by atoms with E-state index in [0.29, 0.717) is 45.0 Å². The summed E-state index contributed by atoms with van der Waals surface area (Å²) in [6.45, 7) is 2.37. The second kappa shape index (κ2) is 20.2. The van der Waals surface area contributed by atoms with Gasteiger partial charge in [0.15, 0.2) is 11.6 Å². The number of amides is 1. The lowest BCUT2D eigenvalue weighted by Gasteiger charge is -2.18. The molecule has 12 nitrogen and oxygen atoms in total. The minimum Gasteiger partial charge on any atom is -0.488 e. The van der Waals surface area contributed by atoms with Crippen LogP contribution in [-0.2, 0) is 43.1 Å². The van der Waals surface area contributed by atoms with E-state index >= 15 is 0 Å². The van der Waals surface area contributed by atoms with Gasteiger partial charge in [-0.25, -0.2) is 4.39 Å². The van der Waals surface area contributed by atoms with Crippen molar-refractivity contribution in [3.8, 4) is 5.75 Å². The number of fused-ring (bicyclic) bond motifs is 1. The largest absolute Gasteiger partial charge is 0.488 e. The van der Waals surface area contributed by atoms with Gasteiger partial charge in [0, 0.05) is 29.3 Å². The van der Waals surface area contributed by atoms with Crippen LogP contribution in [0, 0.1) is 5.82 Å². The smallest absolute Gasteiger partial charge is 0.305 e. The fourth-order valence-electron chi connectivity index (χ4n) is 4.81. The highest BCUT2D eigenvalue weighted by molar-refractivity contribution is 5.77. The molecule has 13 heteroatoms. The molecule has 0 bridgehead atoms. The molecule has 2 N–H and O–H groups in total. The number of rotatable bonds is 22. The van der Waals surface area contributed by atoms with Crippen LogP contribution in [0.5, 0.6) is 5.75 Å². The topological polar surface area (TPSA) is 165 Å². The minimum atomic E-state index is -1.10. The second-order valence-corrected chi connectivity index (χ2v) is 10.4. The lowest BCUT2D eigenvalue weighted by atomic mass is 9.95. The van der Waals surface area contributed by atoms with Crippen molar-refractivity contribution < 1.29 is 38.0 Å². The third-order valence-corrected chi connectivity index (χ3v) is 7.02. The summed E-state index contributed by atoms with van der Waals surface area (Å²) in [5, 5.41) is 15.5. The third kappa shape index (κ3) is 13.3. The van der Waals surface area contributed by atoms with Crippen LogP contribution in [0.2, 0.25) is 0 Å². The zero-order valence-electron chi connectivity index (χ0n) is 25.0. The molecule has 1 aliphatic carbocycles. The van der Waals surface area contributed by atoms with Crippen LogP contribution in [0.4, 0.5) is 4.39 Å². The molecule has 0 radical (unpaired) electrons. The van der Waals surface area contributed by atoms with Crippen LogP contribution in [0.1, 0.15) is 67.1 Å². The van der Waals surface area contributed by atoms with Crippen LogP contribution in [-0.4, -0.2) is 74.8 Å². The quantitative estimate of drug-likeness (QED) is 0.0818. The first-order valence-electron chi connectivity index (χ1n) is 15.1. The van der Waals surface area contributed by atoms with Gasteiger partial charge in [-0.15, -0.1) is 0 Å². The van der Waals surface area contributed by atoms with Gasteiger partial charge in [0.25, 0.3) is 0 Å². The maximum absolute atomic E-state index is 14.8. The Kier molecular flexibility index (Phi) is 16.0. The van der Waals surface area contributed by atoms with E-state index in [1.54, 1.807) is 6.07 Å². The maximum atomic E-state index is 14.8. The van der Waals surface area contributed by atoms with E-state index in [9.17, 15) is 19.1 Å². The van der Waals surface area contributed by atoms with Gasteiger partial charge in [0.05, 0.1) is 52.1 Å². The van der Waals surface area contributed by atoms with Crippen molar-refractivity contribution in [2.24, 2.45) is 5.11 Å². The Morgan fingerprint density at radius 3 is 2.45 bits per heavy atom. The Morgan fingerprint density at radius 2 is 1.73 bits per heavy atom. The fourth-order valence-corrected chi connectivity index (χ4v) is 4.81. The van der Waals surface area contributed by atoms with Gasteiger partial charge in [-0.05, 0) is 79.8 Å². The average molecular weight is 616 g/mol. The molecule has 0 unspecified atom stereocenters. The standard InChI is InChI=1S/C31H42FN5O7/c32-26-21-24(10-12-29(26)44-20-19-43-18-17-42-16-15-41-14-13-34-37-33)28(22-31(39)40)36-30(38)8-4-2-6-25-11-9-23-5-1-3-7-27(23)35-25/h9-12,21,28H,1-8,13-20,22H2,(H,36,38)(H,39,40)/t28-/m0/s1. The van der Waals surface area contributed by atoms with Crippen molar-refractivity contribution in [1.82, 2.24) is 10.3 Å². The van der Waals surface area contributed by atoms with E-state index < -0.39 is 17.8 Å². The number of halogens is 1. The van der Waals surface area contributed by atoms with Crippen molar-refractivity contribution in [1.29, 1.82) is 0 Å². The summed E-state index contributed by atoms with van der Waals surface area (Å²) in [4.78, 5) is 31.5. The van der Waals surface area contributed by atoms with Crippen LogP contribution >= 0.6 is 0 Å². The number of benzene rings is 1. The summed E-state index contributed by atoms with van der Waals surface area (Å²) < 4.78 is 36.2. The lowest BCUT2D eigenvalue weighted by Crippen LogP contribution is -2.30. The Hall–Kier alpha value is -3.77. The number of pyridine rings is 1. The molecule has 240 valence electrons. The molecule has 3 rings (SSSR count). The SMILES string of the molecule is [N-]=[N+]=NCCOCCOCCOCCOc1ccc([C@H](CC(=O)O)NC(=O)CCCCc2ccc3c(n2)CCCC3)cc1F. The number of carboxylic acids is 1. The Morgan fingerprint density at radius 1 is 1.00 bits per heavy atom. The normalized spacial score (nSPS) is 13.0. The molecule has 0 aliphatic heterocycles.